The lowest BCUT2D eigenvalue weighted by atomic mass is 9.79. The van der Waals surface area contributed by atoms with Crippen LogP contribution in [0.25, 0.3) is 0 Å². The highest BCUT2D eigenvalue weighted by Crippen LogP contribution is 2.33. The molecule has 0 unspecified atom stereocenters. The molecule has 3 heteroatoms. The van der Waals surface area contributed by atoms with Crippen molar-refractivity contribution < 1.29 is 4.79 Å². The molecular formula is C15H28N2O. The maximum atomic E-state index is 12.0. The lowest BCUT2D eigenvalue weighted by Gasteiger charge is -2.36. The molecule has 18 heavy (non-hydrogen) atoms. The summed E-state index contributed by atoms with van der Waals surface area (Å²) in [4.78, 5) is 12.0. The molecule has 3 nitrogen and oxygen atoms in total. The van der Waals surface area contributed by atoms with E-state index in [4.69, 9.17) is 0 Å². The van der Waals surface area contributed by atoms with E-state index in [-0.39, 0.29) is 11.4 Å². The van der Waals surface area contributed by atoms with Crippen LogP contribution in [0.2, 0.25) is 0 Å². The van der Waals surface area contributed by atoms with Gasteiger partial charge in [0.25, 0.3) is 0 Å². The number of amides is 1. The van der Waals surface area contributed by atoms with Crippen LogP contribution in [0, 0.1) is 5.92 Å². The zero-order chi connectivity index (χ0) is 12.8. The molecule has 2 aliphatic rings. The van der Waals surface area contributed by atoms with Crippen molar-refractivity contribution in [1.29, 1.82) is 0 Å². The predicted molar refractivity (Wildman–Crippen MR) is 74.5 cm³/mol. The third kappa shape index (κ3) is 4.27. The van der Waals surface area contributed by atoms with Crippen LogP contribution in [0.5, 0.6) is 0 Å². The monoisotopic (exact) mass is 252 g/mol. The maximum absolute atomic E-state index is 12.0. The van der Waals surface area contributed by atoms with Crippen LogP contribution in [0.3, 0.4) is 0 Å². The molecular weight excluding hydrogens is 224 g/mol. The fourth-order valence-corrected chi connectivity index (χ4v) is 3.14. The molecule has 0 aliphatic heterocycles. The first kappa shape index (κ1) is 13.9. The van der Waals surface area contributed by atoms with Gasteiger partial charge in [0.2, 0.25) is 5.91 Å². The Morgan fingerprint density at radius 2 is 1.94 bits per heavy atom. The summed E-state index contributed by atoms with van der Waals surface area (Å²) >= 11 is 0. The van der Waals surface area contributed by atoms with Gasteiger partial charge in [0, 0.05) is 18.5 Å². The van der Waals surface area contributed by atoms with Crippen molar-refractivity contribution in [1.82, 2.24) is 10.6 Å². The van der Waals surface area contributed by atoms with E-state index in [0.717, 1.165) is 31.7 Å². The van der Waals surface area contributed by atoms with Gasteiger partial charge in [-0.15, -0.1) is 0 Å². The third-order valence-electron chi connectivity index (χ3n) is 4.65. The minimum atomic E-state index is 0.0822. The highest BCUT2D eigenvalue weighted by Gasteiger charge is 2.32. The number of carbonyl (C=O) groups excluding carboxylic acids is 1. The van der Waals surface area contributed by atoms with Gasteiger partial charge >= 0.3 is 0 Å². The fraction of sp³-hybridized carbons (Fsp3) is 0.933. The molecule has 2 N–H and O–H groups in total. The van der Waals surface area contributed by atoms with Crippen molar-refractivity contribution in [3.63, 3.8) is 0 Å². The molecule has 0 bridgehead atoms. The Kier molecular flexibility index (Phi) is 5.04. The van der Waals surface area contributed by atoms with E-state index >= 15 is 0 Å². The Labute approximate surface area is 111 Å². The smallest absolute Gasteiger partial charge is 0.221 e. The molecule has 2 rings (SSSR count). The molecule has 0 atom stereocenters. The van der Waals surface area contributed by atoms with Crippen molar-refractivity contribution >= 4 is 5.91 Å². The van der Waals surface area contributed by atoms with Crippen LogP contribution >= 0.6 is 0 Å². The summed E-state index contributed by atoms with van der Waals surface area (Å²) in [5, 5.41) is 6.50. The number of rotatable bonds is 7. The molecule has 2 aliphatic carbocycles. The van der Waals surface area contributed by atoms with Gasteiger partial charge in [-0.3, -0.25) is 4.79 Å². The van der Waals surface area contributed by atoms with Gasteiger partial charge in [0.1, 0.15) is 0 Å². The molecule has 0 spiro atoms. The summed E-state index contributed by atoms with van der Waals surface area (Å²) in [5.74, 6) is 1.21. The Bertz CT molecular complexity index is 268. The predicted octanol–water partition coefficient (Wildman–Crippen LogP) is 2.61. The number of hydrogen-bond donors (Lipinski definition) is 2. The molecule has 0 aromatic rings. The summed E-state index contributed by atoms with van der Waals surface area (Å²) in [6, 6.07) is 0. The van der Waals surface area contributed by atoms with E-state index in [1.165, 1.54) is 38.5 Å². The molecule has 0 aromatic carbocycles. The largest absolute Gasteiger partial charge is 0.356 e. The summed E-state index contributed by atoms with van der Waals surface area (Å²) < 4.78 is 0. The molecule has 1 amide bonds. The van der Waals surface area contributed by atoms with Gasteiger partial charge in [0.15, 0.2) is 0 Å². The molecule has 0 aromatic heterocycles. The van der Waals surface area contributed by atoms with E-state index < -0.39 is 0 Å². The average Bonchev–Trinajstić information content (AvgIpc) is 3.20. The Morgan fingerprint density at radius 3 is 2.56 bits per heavy atom. The van der Waals surface area contributed by atoms with Crippen LogP contribution in [0.4, 0.5) is 0 Å². The standard InChI is InChI=1S/C15H28N2O/c1-16-15(9-3-2-4-10-15)12-14(18)17-11-5-6-13-7-8-13/h13,16H,2-12H2,1H3,(H,17,18). The second-order valence-electron chi connectivity index (χ2n) is 6.20. The molecule has 0 heterocycles. The fourth-order valence-electron chi connectivity index (χ4n) is 3.14. The van der Waals surface area contributed by atoms with Gasteiger partial charge in [-0.25, -0.2) is 0 Å². The quantitative estimate of drug-likeness (QED) is 0.684. The highest BCUT2D eigenvalue weighted by atomic mass is 16.1. The number of carbonyl (C=O) groups is 1. The molecule has 2 fully saturated rings. The SMILES string of the molecule is CNC1(CC(=O)NCCCC2CC2)CCCCC1. The van der Waals surface area contributed by atoms with Gasteiger partial charge in [0.05, 0.1) is 0 Å². The van der Waals surface area contributed by atoms with Crippen molar-refractivity contribution in [3.8, 4) is 0 Å². The minimum Gasteiger partial charge on any atom is -0.356 e. The first-order chi connectivity index (χ1) is 8.74. The van der Waals surface area contributed by atoms with Crippen molar-refractivity contribution in [3.05, 3.63) is 0 Å². The normalized spacial score (nSPS) is 22.7. The van der Waals surface area contributed by atoms with Gasteiger partial charge in [-0.05, 0) is 38.6 Å². The van der Waals surface area contributed by atoms with Crippen molar-refractivity contribution in [2.24, 2.45) is 5.92 Å². The second-order valence-corrected chi connectivity index (χ2v) is 6.20. The maximum Gasteiger partial charge on any atom is 0.221 e. The van der Waals surface area contributed by atoms with E-state index in [2.05, 4.69) is 10.6 Å². The van der Waals surface area contributed by atoms with Crippen LogP contribution in [0.1, 0.15) is 64.2 Å². The van der Waals surface area contributed by atoms with E-state index in [1.54, 1.807) is 0 Å². The highest BCUT2D eigenvalue weighted by molar-refractivity contribution is 5.77. The molecule has 104 valence electrons. The lowest BCUT2D eigenvalue weighted by Crippen LogP contribution is -2.48. The van der Waals surface area contributed by atoms with Gasteiger partial charge in [-0.1, -0.05) is 32.1 Å². The average molecular weight is 252 g/mol. The van der Waals surface area contributed by atoms with E-state index in [0.29, 0.717) is 6.42 Å². The Hall–Kier alpha value is -0.570. The van der Waals surface area contributed by atoms with Gasteiger partial charge < -0.3 is 10.6 Å². The first-order valence-electron chi connectivity index (χ1n) is 7.70. The topological polar surface area (TPSA) is 41.1 Å². The summed E-state index contributed by atoms with van der Waals surface area (Å²) in [5.41, 5.74) is 0.0822. The summed E-state index contributed by atoms with van der Waals surface area (Å²) in [7, 11) is 2.01. The molecule has 0 radical (unpaired) electrons. The Morgan fingerprint density at radius 1 is 1.22 bits per heavy atom. The Balaban J connectivity index is 1.64. The van der Waals surface area contributed by atoms with Crippen LogP contribution in [-0.2, 0) is 4.79 Å². The summed E-state index contributed by atoms with van der Waals surface area (Å²) in [6.45, 7) is 0.870. The van der Waals surface area contributed by atoms with Crippen molar-refractivity contribution in [2.75, 3.05) is 13.6 Å². The van der Waals surface area contributed by atoms with Crippen LogP contribution in [0.15, 0.2) is 0 Å². The molecule has 0 saturated heterocycles. The first-order valence-corrected chi connectivity index (χ1v) is 7.70. The van der Waals surface area contributed by atoms with E-state index in [9.17, 15) is 4.79 Å². The zero-order valence-corrected chi connectivity index (χ0v) is 11.8. The minimum absolute atomic E-state index is 0.0822. The summed E-state index contributed by atoms with van der Waals surface area (Å²) in [6.07, 6.45) is 12.1. The van der Waals surface area contributed by atoms with Crippen LogP contribution < -0.4 is 10.6 Å². The lowest BCUT2D eigenvalue weighted by molar-refractivity contribution is -0.122. The third-order valence-corrected chi connectivity index (χ3v) is 4.65. The number of hydrogen-bond acceptors (Lipinski definition) is 2. The zero-order valence-electron chi connectivity index (χ0n) is 11.8. The molecule has 2 saturated carbocycles. The van der Waals surface area contributed by atoms with Crippen molar-refractivity contribution in [2.45, 2.75) is 69.7 Å². The van der Waals surface area contributed by atoms with Crippen LogP contribution in [-0.4, -0.2) is 25.0 Å². The number of nitrogens with one attached hydrogen (secondary N) is 2. The van der Waals surface area contributed by atoms with E-state index in [1.807, 2.05) is 7.05 Å². The second kappa shape index (κ2) is 6.55. The van der Waals surface area contributed by atoms with Gasteiger partial charge in [-0.2, -0.15) is 0 Å².